The standard InChI is InChI=1S/2C10H15.C4H8.Zr/c2*1-7-6-10(4,5)9(3)8(7)2;1-3-4-2;/h2*1-5H3;1-4H2;. The second-order valence-corrected chi connectivity index (χ2v) is 20.3. The molecule has 1 aliphatic heterocycles. The quantitative estimate of drug-likeness (QED) is 0.426. The van der Waals surface area contributed by atoms with E-state index in [0.717, 1.165) is 0 Å². The molecule has 0 spiro atoms. The summed E-state index contributed by atoms with van der Waals surface area (Å²) >= 11 is -2.64. The van der Waals surface area contributed by atoms with Gasteiger partial charge in [0.05, 0.1) is 0 Å². The zero-order chi connectivity index (χ0) is 18.9. The molecule has 0 aromatic rings. The molecule has 0 aromatic carbocycles. The van der Waals surface area contributed by atoms with Crippen molar-refractivity contribution in [3.8, 4) is 0 Å². The van der Waals surface area contributed by atoms with Gasteiger partial charge in [0.2, 0.25) is 0 Å². The van der Waals surface area contributed by atoms with Gasteiger partial charge >= 0.3 is 161 Å². The van der Waals surface area contributed by atoms with Crippen LogP contribution in [0.4, 0.5) is 0 Å². The first-order chi connectivity index (χ1) is 11.4. The summed E-state index contributed by atoms with van der Waals surface area (Å²) in [5, 5.41) is 0. The summed E-state index contributed by atoms with van der Waals surface area (Å²) in [6.45, 7) is 24.6. The molecule has 0 radical (unpaired) electrons. The van der Waals surface area contributed by atoms with Crippen molar-refractivity contribution in [3.05, 3.63) is 40.0 Å². The van der Waals surface area contributed by atoms with E-state index in [1.807, 2.05) is 6.56 Å². The number of rotatable bonds is 2. The van der Waals surface area contributed by atoms with Crippen LogP contribution in [0.5, 0.6) is 0 Å². The van der Waals surface area contributed by atoms with Gasteiger partial charge in [-0.15, -0.1) is 0 Å². The molecule has 138 valence electrons. The van der Waals surface area contributed by atoms with Gasteiger partial charge in [-0.2, -0.15) is 0 Å². The molecule has 1 heterocycles. The third-order valence-corrected chi connectivity index (χ3v) is 24.1. The summed E-state index contributed by atoms with van der Waals surface area (Å²) in [4.78, 5) is 0. The Balaban J connectivity index is 2.30. The Kier molecular flexibility index (Phi) is 4.64. The topological polar surface area (TPSA) is 0 Å². The minimum absolute atomic E-state index is 0.280. The van der Waals surface area contributed by atoms with E-state index in [1.54, 1.807) is 41.7 Å². The van der Waals surface area contributed by atoms with E-state index in [2.05, 4.69) is 69.2 Å². The van der Waals surface area contributed by atoms with Crippen LogP contribution >= 0.6 is 0 Å². The van der Waals surface area contributed by atoms with Crippen molar-refractivity contribution in [1.82, 2.24) is 0 Å². The summed E-state index contributed by atoms with van der Waals surface area (Å²) in [7, 11) is 0. The van der Waals surface area contributed by atoms with E-state index >= 15 is 0 Å². The molecule has 2 aliphatic carbocycles. The van der Waals surface area contributed by atoms with Gasteiger partial charge in [-0.3, -0.25) is 0 Å². The van der Waals surface area contributed by atoms with Crippen molar-refractivity contribution in [3.63, 3.8) is 0 Å². The maximum absolute atomic E-state index is 2.64. The van der Waals surface area contributed by atoms with Gasteiger partial charge in [-0.05, 0) is 0 Å². The van der Waals surface area contributed by atoms with E-state index in [-0.39, 0.29) is 10.8 Å². The average molecular weight is 418 g/mol. The predicted molar refractivity (Wildman–Crippen MR) is 109 cm³/mol. The Morgan fingerprint density at radius 2 is 0.880 bits per heavy atom. The third kappa shape index (κ3) is 2.40. The molecule has 0 unspecified atom stereocenters. The monoisotopic (exact) mass is 416 g/mol. The molecule has 3 aliphatic rings. The Labute approximate surface area is 161 Å². The van der Waals surface area contributed by atoms with E-state index in [9.17, 15) is 0 Å². The van der Waals surface area contributed by atoms with Crippen molar-refractivity contribution in [1.29, 1.82) is 0 Å². The van der Waals surface area contributed by atoms with Crippen LogP contribution in [-0.4, -0.2) is 0 Å². The van der Waals surface area contributed by atoms with Crippen LogP contribution in [0.1, 0.15) is 82.1 Å². The molecule has 0 saturated carbocycles. The van der Waals surface area contributed by atoms with Crippen molar-refractivity contribution < 1.29 is 20.3 Å². The van der Waals surface area contributed by atoms with Crippen LogP contribution in [0.3, 0.4) is 0 Å². The third-order valence-electron chi connectivity index (χ3n) is 8.54. The number of hydrogen-bond acceptors (Lipinski definition) is 0. The molecule has 3 rings (SSSR count). The van der Waals surface area contributed by atoms with Crippen molar-refractivity contribution >= 4 is 0 Å². The van der Waals surface area contributed by atoms with E-state index in [4.69, 9.17) is 0 Å². The molecule has 0 atom stereocenters. The van der Waals surface area contributed by atoms with Crippen LogP contribution in [0.2, 0.25) is 8.26 Å². The summed E-state index contributed by atoms with van der Waals surface area (Å²) in [6.07, 6.45) is 2.93. The van der Waals surface area contributed by atoms with Gasteiger partial charge in [0, 0.05) is 0 Å². The SMILES string of the molecule is CC1=C(C)C(C)(C)[C]([Zr]2([C]3=C(C)C(C)=C(C)C3(C)C)[CH2]CC[CH2]2)=C1C. The zero-order valence-corrected chi connectivity index (χ0v) is 20.8. The zero-order valence-electron chi connectivity index (χ0n) is 18.3. The Morgan fingerprint density at radius 1 is 0.560 bits per heavy atom. The van der Waals surface area contributed by atoms with E-state index in [0.29, 0.717) is 0 Å². The molecule has 0 bridgehead atoms. The number of hydrogen-bond donors (Lipinski definition) is 0. The Bertz CT molecular complexity index is 696. The molecule has 0 N–H and O–H groups in total. The normalized spacial score (nSPS) is 28.1. The summed E-state index contributed by atoms with van der Waals surface area (Å²) in [6, 6.07) is 0. The van der Waals surface area contributed by atoms with Crippen molar-refractivity contribution in [2.75, 3.05) is 0 Å². The fourth-order valence-corrected chi connectivity index (χ4v) is 25.8. The molecule has 1 heteroatoms. The van der Waals surface area contributed by atoms with Gasteiger partial charge in [-0.1, -0.05) is 0 Å². The summed E-state index contributed by atoms with van der Waals surface area (Å²) in [5.74, 6) is 0. The van der Waals surface area contributed by atoms with Gasteiger partial charge in [0.25, 0.3) is 0 Å². The second-order valence-electron chi connectivity index (χ2n) is 10.0. The van der Waals surface area contributed by atoms with Gasteiger partial charge in [0.15, 0.2) is 0 Å². The molecule has 0 nitrogen and oxygen atoms in total. The molecular weight excluding hydrogens is 379 g/mol. The minimum atomic E-state index is -2.64. The van der Waals surface area contributed by atoms with E-state index < -0.39 is 20.3 Å². The summed E-state index contributed by atoms with van der Waals surface area (Å²) in [5.41, 5.74) is 10.4. The molecular formula is C24H38Zr. The van der Waals surface area contributed by atoms with Gasteiger partial charge in [-0.25, -0.2) is 0 Å². The average Bonchev–Trinajstić information content (AvgIpc) is 3.09. The van der Waals surface area contributed by atoms with Gasteiger partial charge < -0.3 is 0 Å². The first-order valence-electron chi connectivity index (χ1n) is 10.2. The van der Waals surface area contributed by atoms with Crippen LogP contribution in [0.25, 0.3) is 0 Å². The van der Waals surface area contributed by atoms with Crippen LogP contribution in [-0.2, 0) is 20.3 Å². The molecule has 1 fully saturated rings. The molecule has 0 amide bonds. The second kappa shape index (κ2) is 5.92. The summed E-state index contributed by atoms with van der Waals surface area (Å²) < 4.78 is 7.00. The maximum atomic E-state index is 2.53. The van der Waals surface area contributed by atoms with Crippen LogP contribution in [0, 0.1) is 10.8 Å². The van der Waals surface area contributed by atoms with Crippen molar-refractivity contribution in [2.24, 2.45) is 10.8 Å². The van der Waals surface area contributed by atoms with Crippen molar-refractivity contribution in [2.45, 2.75) is 90.3 Å². The first kappa shape index (κ1) is 19.6. The predicted octanol–water partition coefficient (Wildman–Crippen LogP) is 8.07. The van der Waals surface area contributed by atoms with Crippen LogP contribution in [0.15, 0.2) is 40.0 Å². The number of allylic oxidation sites excluding steroid dienone is 8. The van der Waals surface area contributed by atoms with E-state index in [1.165, 1.54) is 12.8 Å². The van der Waals surface area contributed by atoms with Crippen LogP contribution < -0.4 is 0 Å². The first-order valence-corrected chi connectivity index (χ1v) is 16.1. The fourth-order valence-electron chi connectivity index (χ4n) is 6.71. The van der Waals surface area contributed by atoms with Gasteiger partial charge in [0.1, 0.15) is 0 Å². The molecule has 25 heavy (non-hydrogen) atoms. The fraction of sp³-hybridized carbons (Fsp3) is 0.667. The Morgan fingerprint density at radius 3 is 1.12 bits per heavy atom. The molecule has 0 aromatic heterocycles. The molecule has 1 saturated heterocycles. The Hall–Kier alpha value is -0.157.